The van der Waals surface area contributed by atoms with E-state index in [9.17, 15) is 38.4 Å². The van der Waals surface area contributed by atoms with Crippen molar-refractivity contribution in [2.45, 2.75) is 185 Å². The molecule has 0 rings (SSSR count). The Morgan fingerprint density at radius 2 is 0.396 bits per heavy atom. The van der Waals surface area contributed by atoms with Crippen LogP contribution < -0.4 is 0 Å². The van der Waals surface area contributed by atoms with Crippen molar-refractivity contribution in [2.75, 3.05) is 0 Å². The standard InChI is InChI=1S/4C11H19O2.V/c4*1-10(2,3)8(12)7-9(13)11(4,5)6;/h4*1,7H2,2-6H3;. The monoisotopic (exact) mass is 783 g/mol. The fourth-order valence-electron chi connectivity index (χ4n) is 6.64. The second-order valence-electron chi connectivity index (χ2n) is 22.6. The Balaban J connectivity index is 7.80. The molecule has 0 aliphatic heterocycles. The third kappa shape index (κ3) is 15.5. The Bertz CT molecular complexity index is 1220. The molecular formula is C44H76O8V. The van der Waals surface area contributed by atoms with Gasteiger partial charge in [0.05, 0.1) is 0 Å². The van der Waals surface area contributed by atoms with Crippen molar-refractivity contribution < 1.29 is 52.4 Å². The zero-order valence-corrected chi connectivity index (χ0v) is 38.8. The summed E-state index contributed by atoms with van der Waals surface area (Å²) in [5.41, 5.74) is -7.25. The first-order valence-corrected chi connectivity index (χ1v) is 23.1. The van der Waals surface area contributed by atoms with Crippen LogP contribution in [0.1, 0.15) is 164 Å². The van der Waals surface area contributed by atoms with Gasteiger partial charge in [-0.05, 0) is 0 Å². The van der Waals surface area contributed by atoms with E-state index in [1.165, 1.54) is 0 Å². The van der Waals surface area contributed by atoms with Crippen LogP contribution in [0, 0.1) is 43.3 Å². The summed E-state index contributed by atoms with van der Waals surface area (Å²) in [6.07, 6.45) is -1.11. The van der Waals surface area contributed by atoms with Crippen molar-refractivity contribution >= 4 is 46.3 Å². The molecule has 0 fully saturated rings. The summed E-state index contributed by atoms with van der Waals surface area (Å²) in [5.74, 6) is -1.82. The SMILES string of the molecule is CC(C)(C)C(=O)CC(=O)C(C)(C)[CH2][V]([CH2]C(C)(C)C(=O)CC(=O)C(C)(C)C)([CH2]C(C)(C)C(=O)CC(=O)C(C)(C)C)[CH2]C(C)(C)C(=O)CC(=O)C(C)(C)C. The number of carbonyl (C=O) groups excluding carboxylic acids is 8. The van der Waals surface area contributed by atoms with E-state index in [2.05, 4.69) is 0 Å². The van der Waals surface area contributed by atoms with Crippen LogP contribution in [0.5, 0.6) is 0 Å². The third-order valence-corrected chi connectivity index (χ3v) is 19.7. The van der Waals surface area contributed by atoms with E-state index in [0.29, 0.717) is 0 Å². The van der Waals surface area contributed by atoms with Crippen molar-refractivity contribution in [1.82, 2.24) is 0 Å². The molecule has 0 heterocycles. The molecule has 0 atom stereocenters. The summed E-state index contributed by atoms with van der Waals surface area (Å²) in [5, 5.41) is 1.11. The zero-order valence-electron chi connectivity index (χ0n) is 37.4. The Labute approximate surface area is 325 Å². The van der Waals surface area contributed by atoms with Gasteiger partial charge < -0.3 is 0 Å². The van der Waals surface area contributed by atoms with E-state index in [0.717, 1.165) is 0 Å². The van der Waals surface area contributed by atoms with Crippen molar-refractivity contribution in [3.05, 3.63) is 0 Å². The number of ketones is 8. The van der Waals surface area contributed by atoms with Crippen molar-refractivity contribution in [3.63, 3.8) is 0 Å². The van der Waals surface area contributed by atoms with Crippen LogP contribution in [-0.2, 0) is 52.4 Å². The molecule has 0 aliphatic carbocycles. The minimum atomic E-state index is -3.83. The maximum atomic E-state index is 14.1. The van der Waals surface area contributed by atoms with Crippen LogP contribution in [0.4, 0.5) is 0 Å². The van der Waals surface area contributed by atoms with Crippen LogP contribution in [-0.4, -0.2) is 46.3 Å². The molecule has 0 aliphatic rings. The fourth-order valence-corrected chi connectivity index (χ4v) is 19.3. The van der Waals surface area contributed by atoms with Crippen molar-refractivity contribution in [3.8, 4) is 0 Å². The van der Waals surface area contributed by atoms with Gasteiger partial charge in [-0.25, -0.2) is 0 Å². The van der Waals surface area contributed by atoms with E-state index in [1.54, 1.807) is 138 Å². The van der Waals surface area contributed by atoms with Gasteiger partial charge >= 0.3 is 327 Å². The van der Waals surface area contributed by atoms with Gasteiger partial charge in [-0.1, -0.05) is 0 Å². The van der Waals surface area contributed by atoms with Crippen LogP contribution in [0.3, 0.4) is 0 Å². The quantitative estimate of drug-likeness (QED) is 0.111. The second kappa shape index (κ2) is 17.0. The Kier molecular flexibility index (Phi) is 16.3. The zero-order chi connectivity index (χ0) is 42.8. The molecule has 9 heteroatoms. The molecule has 0 spiro atoms. The molecule has 0 radical (unpaired) electrons. The van der Waals surface area contributed by atoms with Gasteiger partial charge in [0.15, 0.2) is 0 Å². The number of rotatable bonds is 20. The summed E-state index contributed by atoms with van der Waals surface area (Å²) < 4.78 is 0. The molecule has 8 nitrogen and oxygen atoms in total. The third-order valence-electron chi connectivity index (χ3n) is 10.6. The molecule has 0 aromatic rings. The van der Waals surface area contributed by atoms with Gasteiger partial charge in [-0.2, -0.15) is 0 Å². The molecule has 0 unspecified atom stereocenters. The molecule has 0 aromatic carbocycles. The van der Waals surface area contributed by atoms with Gasteiger partial charge in [-0.3, -0.25) is 0 Å². The fraction of sp³-hybridized carbons (Fsp3) is 0.818. The number of Topliss-reactive ketones (excluding diaryl/α,β-unsaturated/α-hetero) is 8. The molecule has 0 saturated heterocycles. The van der Waals surface area contributed by atoms with Gasteiger partial charge in [0.2, 0.25) is 0 Å². The van der Waals surface area contributed by atoms with E-state index >= 15 is 0 Å². The van der Waals surface area contributed by atoms with Gasteiger partial charge in [0.1, 0.15) is 0 Å². The molecule has 53 heavy (non-hydrogen) atoms. The summed E-state index contributed by atoms with van der Waals surface area (Å²) >= 11 is -3.83. The summed E-state index contributed by atoms with van der Waals surface area (Å²) in [4.78, 5) is 109. The van der Waals surface area contributed by atoms with E-state index < -0.39 is 57.4 Å². The number of carbonyl (C=O) groups is 8. The Hall–Kier alpha value is -2.06. The predicted octanol–water partition coefficient (Wildman–Crippen LogP) is 10.2. The average molecular weight is 784 g/mol. The topological polar surface area (TPSA) is 137 Å². The van der Waals surface area contributed by atoms with Crippen LogP contribution in [0.2, 0.25) is 20.5 Å². The predicted molar refractivity (Wildman–Crippen MR) is 211 cm³/mol. The first-order chi connectivity index (χ1) is 23.0. The second-order valence-corrected chi connectivity index (χ2v) is 28.8. The maximum absolute atomic E-state index is 14.1. The van der Waals surface area contributed by atoms with Crippen molar-refractivity contribution in [2.24, 2.45) is 43.3 Å². The molecule has 0 aromatic heterocycles. The van der Waals surface area contributed by atoms with Crippen molar-refractivity contribution in [1.29, 1.82) is 0 Å². The van der Waals surface area contributed by atoms with Crippen LogP contribution in [0.25, 0.3) is 0 Å². The Morgan fingerprint density at radius 1 is 0.264 bits per heavy atom. The number of hydrogen-bond donors (Lipinski definition) is 0. The van der Waals surface area contributed by atoms with E-state index in [-0.39, 0.29) is 92.5 Å². The molecular weight excluding hydrogens is 707 g/mol. The molecule has 0 bridgehead atoms. The first kappa shape index (κ1) is 50.9. The van der Waals surface area contributed by atoms with Gasteiger partial charge in [0, 0.05) is 0 Å². The summed E-state index contributed by atoms with van der Waals surface area (Å²) in [6.45, 7) is 35.6. The molecule has 0 saturated carbocycles. The summed E-state index contributed by atoms with van der Waals surface area (Å²) in [7, 11) is 0. The van der Waals surface area contributed by atoms with E-state index in [1.807, 2.05) is 0 Å². The molecule has 0 N–H and O–H groups in total. The van der Waals surface area contributed by atoms with Gasteiger partial charge in [0.25, 0.3) is 0 Å². The van der Waals surface area contributed by atoms with E-state index in [4.69, 9.17) is 0 Å². The average Bonchev–Trinajstić information content (AvgIpc) is 2.89. The normalized spacial score (nSPS) is 14.1. The Morgan fingerprint density at radius 3 is 0.509 bits per heavy atom. The molecule has 305 valence electrons. The van der Waals surface area contributed by atoms with Crippen LogP contribution in [0.15, 0.2) is 0 Å². The summed E-state index contributed by atoms with van der Waals surface area (Å²) in [6, 6.07) is 0. The number of hydrogen-bond acceptors (Lipinski definition) is 8. The first-order valence-electron chi connectivity index (χ1n) is 19.1. The van der Waals surface area contributed by atoms with Crippen LogP contribution >= 0.6 is 0 Å². The minimum absolute atomic E-state index is 0.199. The van der Waals surface area contributed by atoms with Gasteiger partial charge in [-0.15, -0.1) is 0 Å². The molecule has 0 amide bonds.